The van der Waals surface area contributed by atoms with Crippen molar-refractivity contribution in [2.75, 3.05) is 5.32 Å². The number of hydrogen-bond acceptors (Lipinski definition) is 4. The molecule has 0 saturated carbocycles. The molecular weight excluding hydrogens is 280 g/mol. The van der Waals surface area contributed by atoms with Crippen molar-refractivity contribution in [3.63, 3.8) is 0 Å². The molecule has 0 aliphatic heterocycles. The molecule has 2 N–H and O–H groups in total. The Morgan fingerprint density at radius 1 is 1.19 bits per heavy atom. The molecule has 0 spiro atoms. The van der Waals surface area contributed by atoms with E-state index in [1.807, 2.05) is 32.3 Å². The van der Waals surface area contributed by atoms with Gasteiger partial charge in [0, 0.05) is 21.8 Å². The van der Waals surface area contributed by atoms with Crippen LogP contribution in [0.1, 0.15) is 22.0 Å². The molecule has 3 aromatic rings. The van der Waals surface area contributed by atoms with Crippen LogP contribution in [0.3, 0.4) is 0 Å². The summed E-state index contributed by atoms with van der Waals surface area (Å²) >= 11 is 1.68. The number of rotatable bonds is 4. The number of hydrogen-bond donors (Lipinski definition) is 2. The maximum Gasteiger partial charge on any atom is 0.137 e. The predicted octanol–water partition coefficient (Wildman–Crippen LogP) is 4.07. The number of thiazole rings is 1. The van der Waals surface area contributed by atoms with Gasteiger partial charge in [0.1, 0.15) is 5.82 Å². The molecule has 3 rings (SSSR count). The fraction of sp³-hybridized carbons (Fsp3) is 0.250. The van der Waals surface area contributed by atoms with Gasteiger partial charge >= 0.3 is 0 Å². The van der Waals surface area contributed by atoms with Crippen molar-refractivity contribution in [2.24, 2.45) is 0 Å². The molecule has 5 heteroatoms. The van der Waals surface area contributed by atoms with Gasteiger partial charge in [-0.25, -0.2) is 9.97 Å². The minimum Gasteiger partial charge on any atom is -0.380 e. The van der Waals surface area contributed by atoms with Gasteiger partial charge in [0.2, 0.25) is 0 Å². The molecule has 0 aliphatic rings. The molecule has 4 nitrogen and oxygen atoms in total. The van der Waals surface area contributed by atoms with Crippen molar-refractivity contribution < 1.29 is 0 Å². The molecule has 2 heterocycles. The van der Waals surface area contributed by atoms with Crippen molar-refractivity contribution in [1.82, 2.24) is 15.0 Å². The van der Waals surface area contributed by atoms with Gasteiger partial charge in [-0.2, -0.15) is 0 Å². The Morgan fingerprint density at radius 2 is 2.05 bits per heavy atom. The molecule has 0 saturated heterocycles. The summed E-state index contributed by atoms with van der Waals surface area (Å²) in [6.45, 7) is 6.90. The van der Waals surface area contributed by atoms with E-state index in [1.165, 1.54) is 4.88 Å². The van der Waals surface area contributed by atoms with E-state index in [2.05, 4.69) is 38.5 Å². The summed E-state index contributed by atoms with van der Waals surface area (Å²) < 4.78 is 0. The van der Waals surface area contributed by atoms with Crippen LogP contribution >= 0.6 is 11.3 Å². The molecular formula is C16H18N4S. The first-order valence-electron chi connectivity index (χ1n) is 6.90. The molecule has 0 bridgehead atoms. The van der Waals surface area contributed by atoms with E-state index in [0.717, 1.165) is 40.7 Å². The average molecular weight is 298 g/mol. The lowest BCUT2D eigenvalue weighted by atomic mass is 10.2. The monoisotopic (exact) mass is 298 g/mol. The highest BCUT2D eigenvalue weighted by atomic mass is 32.1. The molecule has 0 unspecified atom stereocenters. The zero-order valence-electron chi connectivity index (χ0n) is 12.4. The standard InChI is InChI=1S/C16H18N4S/c1-10-11(2)20-16(19-10)13-5-4-6-14(7-13)17-8-15-12(3)18-9-21-15/h4-7,9,17H,8H2,1-3H3,(H,19,20). The van der Waals surface area contributed by atoms with Gasteiger partial charge in [-0.3, -0.25) is 0 Å². The smallest absolute Gasteiger partial charge is 0.137 e. The van der Waals surface area contributed by atoms with E-state index < -0.39 is 0 Å². The first-order chi connectivity index (χ1) is 10.1. The van der Waals surface area contributed by atoms with E-state index in [4.69, 9.17) is 0 Å². The van der Waals surface area contributed by atoms with Gasteiger partial charge < -0.3 is 10.3 Å². The fourth-order valence-electron chi connectivity index (χ4n) is 2.14. The lowest BCUT2D eigenvalue weighted by Gasteiger charge is -2.07. The van der Waals surface area contributed by atoms with Gasteiger partial charge in [-0.1, -0.05) is 12.1 Å². The fourth-order valence-corrected chi connectivity index (χ4v) is 2.86. The normalized spacial score (nSPS) is 10.8. The molecule has 0 amide bonds. The van der Waals surface area contributed by atoms with Gasteiger partial charge in [-0.05, 0) is 32.9 Å². The van der Waals surface area contributed by atoms with E-state index in [9.17, 15) is 0 Å². The quantitative estimate of drug-likeness (QED) is 0.763. The lowest BCUT2D eigenvalue weighted by molar-refractivity contribution is 1.12. The van der Waals surface area contributed by atoms with Crippen LogP contribution in [0.15, 0.2) is 29.8 Å². The zero-order chi connectivity index (χ0) is 14.8. The molecule has 108 valence electrons. The highest BCUT2D eigenvalue weighted by molar-refractivity contribution is 7.09. The van der Waals surface area contributed by atoms with Crippen LogP contribution in [0.2, 0.25) is 0 Å². The van der Waals surface area contributed by atoms with E-state index in [0.29, 0.717) is 0 Å². The average Bonchev–Trinajstić information content (AvgIpc) is 3.04. The number of aromatic nitrogens is 3. The van der Waals surface area contributed by atoms with E-state index in [1.54, 1.807) is 11.3 Å². The van der Waals surface area contributed by atoms with Crippen molar-refractivity contribution in [3.8, 4) is 11.4 Å². The third kappa shape index (κ3) is 2.97. The second-order valence-corrected chi connectivity index (χ2v) is 6.03. The predicted molar refractivity (Wildman–Crippen MR) is 87.7 cm³/mol. The second kappa shape index (κ2) is 5.69. The van der Waals surface area contributed by atoms with Crippen LogP contribution in [0.4, 0.5) is 5.69 Å². The van der Waals surface area contributed by atoms with Gasteiger partial charge in [0.05, 0.1) is 23.4 Å². The summed E-state index contributed by atoms with van der Waals surface area (Å²) in [5, 5.41) is 3.45. The summed E-state index contributed by atoms with van der Waals surface area (Å²) in [5.41, 5.74) is 7.33. The maximum atomic E-state index is 4.55. The van der Waals surface area contributed by atoms with Gasteiger partial charge in [-0.15, -0.1) is 11.3 Å². The molecule has 0 atom stereocenters. The Morgan fingerprint density at radius 3 is 2.71 bits per heavy atom. The topological polar surface area (TPSA) is 53.6 Å². The van der Waals surface area contributed by atoms with Crippen molar-refractivity contribution in [2.45, 2.75) is 27.3 Å². The number of anilines is 1. The maximum absolute atomic E-state index is 4.55. The third-order valence-electron chi connectivity index (χ3n) is 3.56. The van der Waals surface area contributed by atoms with Crippen molar-refractivity contribution in [1.29, 1.82) is 0 Å². The van der Waals surface area contributed by atoms with E-state index in [-0.39, 0.29) is 0 Å². The Bertz CT molecular complexity index is 738. The highest BCUT2D eigenvalue weighted by Gasteiger charge is 2.06. The Hall–Kier alpha value is -2.14. The minimum atomic E-state index is 0.802. The molecule has 0 radical (unpaired) electrons. The summed E-state index contributed by atoms with van der Waals surface area (Å²) in [5.74, 6) is 0.919. The molecule has 0 fully saturated rings. The summed E-state index contributed by atoms with van der Waals surface area (Å²) in [4.78, 5) is 13.4. The van der Waals surface area contributed by atoms with Crippen LogP contribution < -0.4 is 5.32 Å². The summed E-state index contributed by atoms with van der Waals surface area (Å²) in [6.07, 6.45) is 0. The lowest BCUT2D eigenvalue weighted by Crippen LogP contribution is -1.99. The summed E-state index contributed by atoms with van der Waals surface area (Å²) in [6, 6.07) is 8.31. The SMILES string of the molecule is Cc1nc(-c2cccc(NCc3scnc3C)c2)[nH]c1C. The van der Waals surface area contributed by atoms with Crippen LogP contribution in [-0.4, -0.2) is 15.0 Å². The second-order valence-electron chi connectivity index (χ2n) is 5.09. The first-order valence-corrected chi connectivity index (χ1v) is 7.78. The highest BCUT2D eigenvalue weighted by Crippen LogP contribution is 2.22. The Balaban J connectivity index is 1.78. The Labute approximate surface area is 128 Å². The number of imidazole rings is 1. The van der Waals surface area contributed by atoms with Crippen LogP contribution in [0, 0.1) is 20.8 Å². The van der Waals surface area contributed by atoms with Crippen LogP contribution in [-0.2, 0) is 6.54 Å². The van der Waals surface area contributed by atoms with Crippen LogP contribution in [0.25, 0.3) is 11.4 Å². The first kappa shape index (κ1) is 13.8. The van der Waals surface area contributed by atoms with Crippen molar-refractivity contribution >= 4 is 17.0 Å². The van der Waals surface area contributed by atoms with Gasteiger partial charge in [0.25, 0.3) is 0 Å². The summed E-state index contributed by atoms with van der Waals surface area (Å²) in [7, 11) is 0. The number of nitrogens with one attached hydrogen (secondary N) is 2. The number of aromatic amines is 1. The number of H-pyrrole nitrogens is 1. The number of benzene rings is 1. The molecule has 21 heavy (non-hydrogen) atoms. The van der Waals surface area contributed by atoms with E-state index >= 15 is 0 Å². The zero-order valence-corrected chi connectivity index (χ0v) is 13.2. The minimum absolute atomic E-state index is 0.802. The molecule has 1 aromatic carbocycles. The third-order valence-corrected chi connectivity index (χ3v) is 4.50. The molecule has 2 aromatic heterocycles. The number of aryl methyl sites for hydroxylation is 3. The van der Waals surface area contributed by atoms with Gasteiger partial charge in [0.15, 0.2) is 0 Å². The van der Waals surface area contributed by atoms with Crippen molar-refractivity contribution in [3.05, 3.63) is 51.7 Å². The largest absolute Gasteiger partial charge is 0.380 e. The Kier molecular flexibility index (Phi) is 3.75. The van der Waals surface area contributed by atoms with Crippen LogP contribution in [0.5, 0.6) is 0 Å². The molecule has 0 aliphatic carbocycles. The number of nitrogens with zero attached hydrogens (tertiary/aromatic N) is 2.